The van der Waals surface area contributed by atoms with Gasteiger partial charge in [-0.05, 0) is 31.4 Å². The van der Waals surface area contributed by atoms with Crippen LogP contribution in [0, 0.1) is 5.92 Å². The maximum absolute atomic E-state index is 5.54. The number of methoxy groups -OCH3 is 1. The van der Waals surface area contributed by atoms with E-state index in [0.29, 0.717) is 5.92 Å². The van der Waals surface area contributed by atoms with Gasteiger partial charge in [0.15, 0.2) is 0 Å². The number of benzene rings is 1. The molecule has 1 aliphatic heterocycles. The highest BCUT2D eigenvalue weighted by Gasteiger charge is 2.22. The quantitative estimate of drug-likeness (QED) is 0.843. The van der Waals surface area contributed by atoms with Crippen LogP contribution in [-0.2, 0) is 11.2 Å². The molecule has 1 aromatic carbocycles. The van der Waals surface area contributed by atoms with E-state index in [1.165, 1.54) is 24.8 Å². The minimum absolute atomic E-state index is 0.225. The molecule has 2 rings (SSSR count). The lowest BCUT2D eigenvalue weighted by molar-refractivity contribution is 0.0289. The summed E-state index contributed by atoms with van der Waals surface area (Å²) in [7, 11) is 1.81. The van der Waals surface area contributed by atoms with E-state index in [2.05, 4.69) is 35.6 Å². The Morgan fingerprint density at radius 3 is 2.81 bits per heavy atom. The molecule has 1 aromatic rings. The number of rotatable bonds is 3. The van der Waals surface area contributed by atoms with Crippen LogP contribution in [0.25, 0.3) is 0 Å². The molecule has 0 spiro atoms. The summed E-state index contributed by atoms with van der Waals surface area (Å²) in [6.07, 6.45) is 5.19. The Balaban J connectivity index is 2.00. The Hall–Kier alpha value is -0.860. The van der Waals surface area contributed by atoms with Gasteiger partial charge in [-0.15, -0.1) is 0 Å². The average Bonchev–Trinajstić information content (AvgIpc) is 2.55. The van der Waals surface area contributed by atoms with Crippen LogP contribution in [0.15, 0.2) is 30.3 Å². The lowest BCUT2D eigenvalue weighted by Crippen LogP contribution is -2.37. The first-order chi connectivity index (χ1) is 7.90. The average molecular weight is 219 g/mol. The third-order valence-electron chi connectivity index (χ3n) is 3.37. The molecule has 2 unspecified atom stereocenters. The molecule has 0 amide bonds. The zero-order valence-corrected chi connectivity index (χ0v) is 9.99. The van der Waals surface area contributed by atoms with Crippen LogP contribution in [-0.4, -0.2) is 19.9 Å². The van der Waals surface area contributed by atoms with Crippen molar-refractivity contribution in [1.82, 2.24) is 5.32 Å². The van der Waals surface area contributed by atoms with Gasteiger partial charge >= 0.3 is 0 Å². The van der Waals surface area contributed by atoms with Crippen molar-refractivity contribution in [3.8, 4) is 0 Å². The summed E-state index contributed by atoms with van der Waals surface area (Å²) in [5.41, 5.74) is 1.42. The first-order valence-electron chi connectivity index (χ1n) is 6.20. The molecule has 2 atom stereocenters. The first kappa shape index (κ1) is 11.6. The fraction of sp³-hybridized carbons (Fsp3) is 0.571. The molecule has 0 aromatic heterocycles. The van der Waals surface area contributed by atoms with E-state index in [9.17, 15) is 0 Å². The van der Waals surface area contributed by atoms with Crippen molar-refractivity contribution < 1.29 is 4.74 Å². The zero-order chi connectivity index (χ0) is 11.2. The van der Waals surface area contributed by atoms with Gasteiger partial charge in [-0.3, -0.25) is 5.32 Å². The molecule has 2 heteroatoms. The standard InChI is InChI=1S/C14H21NO/c1-16-14-13(9-5-6-10-15-14)11-12-7-3-2-4-8-12/h2-4,7-8,13-15H,5-6,9-11H2,1H3. The van der Waals surface area contributed by atoms with Crippen LogP contribution >= 0.6 is 0 Å². The number of hydrogen-bond donors (Lipinski definition) is 1. The third-order valence-corrected chi connectivity index (χ3v) is 3.37. The molecule has 0 radical (unpaired) electrons. The van der Waals surface area contributed by atoms with Gasteiger partial charge in [0.05, 0.1) is 0 Å². The number of nitrogens with one attached hydrogen (secondary N) is 1. The molecule has 1 aliphatic rings. The maximum atomic E-state index is 5.54. The summed E-state index contributed by atoms with van der Waals surface area (Å²) in [4.78, 5) is 0. The van der Waals surface area contributed by atoms with Crippen molar-refractivity contribution in [2.45, 2.75) is 31.9 Å². The molecule has 1 heterocycles. The summed E-state index contributed by atoms with van der Waals surface area (Å²) in [5.74, 6) is 0.606. The third kappa shape index (κ3) is 3.06. The fourth-order valence-corrected chi connectivity index (χ4v) is 2.50. The van der Waals surface area contributed by atoms with Crippen molar-refractivity contribution in [1.29, 1.82) is 0 Å². The minimum Gasteiger partial charge on any atom is -0.366 e. The van der Waals surface area contributed by atoms with Crippen molar-refractivity contribution >= 4 is 0 Å². The van der Waals surface area contributed by atoms with Crippen molar-refractivity contribution in [2.75, 3.05) is 13.7 Å². The van der Waals surface area contributed by atoms with Crippen LogP contribution < -0.4 is 5.32 Å². The highest BCUT2D eigenvalue weighted by atomic mass is 16.5. The van der Waals surface area contributed by atoms with Crippen LogP contribution in [0.3, 0.4) is 0 Å². The Morgan fingerprint density at radius 1 is 1.25 bits per heavy atom. The van der Waals surface area contributed by atoms with Crippen molar-refractivity contribution in [3.05, 3.63) is 35.9 Å². The number of hydrogen-bond acceptors (Lipinski definition) is 2. The smallest absolute Gasteiger partial charge is 0.110 e. The molecule has 0 saturated carbocycles. The van der Waals surface area contributed by atoms with Gasteiger partial charge in [-0.25, -0.2) is 0 Å². The second-order valence-corrected chi connectivity index (χ2v) is 4.56. The SMILES string of the molecule is COC1NCCCCC1Cc1ccccc1. The van der Waals surface area contributed by atoms with Crippen molar-refractivity contribution in [2.24, 2.45) is 5.92 Å². The van der Waals surface area contributed by atoms with E-state index in [1.54, 1.807) is 7.11 Å². The van der Waals surface area contributed by atoms with Crippen LogP contribution in [0.5, 0.6) is 0 Å². The van der Waals surface area contributed by atoms with Crippen LogP contribution in [0.2, 0.25) is 0 Å². The van der Waals surface area contributed by atoms with Gasteiger partial charge in [0.25, 0.3) is 0 Å². The maximum Gasteiger partial charge on any atom is 0.110 e. The highest BCUT2D eigenvalue weighted by molar-refractivity contribution is 5.15. The summed E-state index contributed by atoms with van der Waals surface area (Å²) in [6.45, 7) is 1.09. The zero-order valence-electron chi connectivity index (χ0n) is 9.99. The van der Waals surface area contributed by atoms with E-state index in [-0.39, 0.29) is 6.23 Å². The topological polar surface area (TPSA) is 21.3 Å². The fourth-order valence-electron chi connectivity index (χ4n) is 2.50. The van der Waals surface area contributed by atoms with Gasteiger partial charge < -0.3 is 4.74 Å². The monoisotopic (exact) mass is 219 g/mol. The summed E-state index contributed by atoms with van der Waals surface area (Å²) < 4.78 is 5.54. The molecule has 0 aliphatic carbocycles. The molecule has 2 nitrogen and oxygen atoms in total. The summed E-state index contributed by atoms with van der Waals surface area (Å²) in [6, 6.07) is 10.7. The molecule has 0 bridgehead atoms. The number of ether oxygens (including phenoxy) is 1. The van der Waals surface area contributed by atoms with Gasteiger partial charge in [-0.1, -0.05) is 36.8 Å². The second kappa shape index (κ2) is 6.02. The first-order valence-corrected chi connectivity index (χ1v) is 6.20. The normalized spacial score (nSPS) is 26.3. The van der Waals surface area contributed by atoms with E-state index in [1.807, 2.05) is 0 Å². The van der Waals surface area contributed by atoms with Gasteiger partial charge in [0, 0.05) is 13.0 Å². The van der Waals surface area contributed by atoms with E-state index in [0.717, 1.165) is 13.0 Å². The molecule has 1 fully saturated rings. The highest BCUT2D eigenvalue weighted by Crippen LogP contribution is 2.21. The predicted molar refractivity (Wildman–Crippen MR) is 66.3 cm³/mol. The predicted octanol–water partition coefficient (Wildman–Crippen LogP) is 2.59. The Labute approximate surface area is 98.0 Å². The van der Waals surface area contributed by atoms with E-state index in [4.69, 9.17) is 4.74 Å². The lowest BCUT2D eigenvalue weighted by atomic mass is 9.93. The minimum atomic E-state index is 0.225. The second-order valence-electron chi connectivity index (χ2n) is 4.56. The molecular weight excluding hydrogens is 198 g/mol. The van der Waals surface area contributed by atoms with Crippen LogP contribution in [0.4, 0.5) is 0 Å². The summed E-state index contributed by atoms with van der Waals surface area (Å²) in [5, 5.41) is 3.48. The molecule has 1 N–H and O–H groups in total. The molecule has 1 saturated heterocycles. The van der Waals surface area contributed by atoms with Gasteiger partial charge in [0.1, 0.15) is 6.23 Å². The Bertz CT molecular complexity index is 299. The van der Waals surface area contributed by atoms with E-state index < -0.39 is 0 Å². The molecule has 88 valence electrons. The van der Waals surface area contributed by atoms with E-state index >= 15 is 0 Å². The Kier molecular flexibility index (Phi) is 4.37. The summed E-state index contributed by atoms with van der Waals surface area (Å²) >= 11 is 0. The Morgan fingerprint density at radius 2 is 2.06 bits per heavy atom. The molecular formula is C14H21NO. The lowest BCUT2D eigenvalue weighted by Gasteiger charge is -2.24. The largest absolute Gasteiger partial charge is 0.366 e. The molecule has 16 heavy (non-hydrogen) atoms. The van der Waals surface area contributed by atoms with Crippen LogP contribution in [0.1, 0.15) is 24.8 Å². The van der Waals surface area contributed by atoms with Gasteiger partial charge in [-0.2, -0.15) is 0 Å². The van der Waals surface area contributed by atoms with Gasteiger partial charge in [0.2, 0.25) is 0 Å². The van der Waals surface area contributed by atoms with Crippen molar-refractivity contribution in [3.63, 3.8) is 0 Å².